The van der Waals surface area contributed by atoms with Crippen molar-refractivity contribution in [2.75, 3.05) is 0 Å². The number of hydrogen-bond acceptors (Lipinski definition) is 0. The third-order valence-corrected chi connectivity index (χ3v) is 9.00. The first-order valence-electron chi connectivity index (χ1n) is 11.1. The lowest BCUT2D eigenvalue weighted by Gasteiger charge is -2.57. The molecule has 5 rings (SSSR count). The topological polar surface area (TPSA) is 0 Å². The fourth-order valence-electron chi connectivity index (χ4n) is 8.15. The van der Waals surface area contributed by atoms with Gasteiger partial charge in [0.15, 0.2) is 0 Å². The Labute approximate surface area is 149 Å². The molecule has 0 bridgehead atoms. The first-order chi connectivity index (χ1) is 11.6. The second-order valence-corrected chi connectivity index (χ2v) is 10.2. The molecule has 5 aliphatic rings. The molecule has 0 N–H and O–H groups in total. The molecule has 5 aliphatic carbocycles. The van der Waals surface area contributed by atoms with E-state index in [4.69, 9.17) is 0 Å². The van der Waals surface area contributed by atoms with Crippen molar-refractivity contribution in [1.29, 1.82) is 0 Å². The van der Waals surface area contributed by atoms with Crippen LogP contribution in [0.1, 0.15) is 79.1 Å². The van der Waals surface area contributed by atoms with Gasteiger partial charge in [-0.25, -0.2) is 0 Å². The molecule has 0 radical (unpaired) electrons. The van der Waals surface area contributed by atoms with Gasteiger partial charge in [0.05, 0.1) is 0 Å². The van der Waals surface area contributed by atoms with E-state index in [2.05, 4.69) is 27.7 Å². The molecule has 0 aromatic rings. The SMILES string of the molecule is CC1CCC2C3=C1C(C)CCC3C1CCC(C)C3=C1C2CCC3C. The van der Waals surface area contributed by atoms with E-state index in [-0.39, 0.29) is 0 Å². The van der Waals surface area contributed by atoms with Crippen LogP contribution in [-0.4, -0.2) is 0 Å². The van der Waals surface area contributed by atoms with Crippen LogP contribution >= 0.6 is 0 Å². The molecule has 1 fully saturated rings. The summed E-state index contributed by atoms with van der Waals surface area (Å²) in [5.74, 6) is 7.30. The summed E-state index contributed by atoms with van der Waals surface area (Å²) in [4.78, 5) is 0. The Morgan fingerprint density at radius 3 is 0.875 bits per heavy atom. The molecule has 24 heavy (non-hydrogen) atoms. The molecule has 0 aliphatic heterocycles. The van der Waals surface area contributed by atoms with Gasteiger partial charge in [-0.3, -0.25) is 0 Å². The summed E-state index contributed by atoms with van der Waals surface area (Å²) in [5.41, 5.74) is 7.99. The van der Waals surface area contributed by atoms with E-state index in [9.17, 15) is 0 Å². The molecule has 0 saturated heterocycles. The largest absolute Gasteiger partial charge is 0.0647 e. The predicted molar refractivity (Wildman–Crippen MR) is 102 cm³/mol. The van der Waals surface area contributed by atoms with Gasteiger partial charge in [0.25, 0.3) is 0 Å². The van der Waals surface area contributed by atoms with Crippen LogP contribution in [0.3, 0.4) is 0 Å². The molecule has 0 spiro atoms. The Hall–Kier alpha value is -0.520. The minimum Gasteiger partial charge on any atom is -0.0647 e. The van der Waals surface area contributed by atoms with Crippen molar-refractivity contribution in [3.63, 3.8) is 0 Å². The predicted octanol–water partition coefficient (Wildman–Crippen LogP) is 6.78. The molecule has 8 unspecified atom stereocenters. The molecule has 0 amide bonds. The summed E-state index contributed by atoms with van der Waals surface area (Å²) in [6.45, 7) is 10.2. The fraction of sp³-hybridized carbons (Fsp3) is 0.833. The average Bonchev–Trinajstić information content (AvgIpc) is 2.57. The highest BCUT2D eigenvalue weighted by Crippen LogP contribution is 2.63. The maximum Gasteiger partial charge on any atom is -0.0131 e. The molecule has 0 heterocycles. The molecule has 1 saturated carbocycles. The van der Waals surface area contributed by atoms with Gasteiger partial charge in [-0.05, 0) is 98.7 Å². The van der Waals surface area contributed by atoms with Gasteiger partial charge in [-0.1, -0.05) is 50.0 Å². The molecule has 0 heteroatoms. The molecule has 132 valence electrons. The van der Waals surface area contributed by atoms with Crippen molar-refractivity contribution in [2.45, 2.75) is 79.1 Å². The third kappa shape index (κ3) is 1.98. The maximum atomic E-state index is 2.54. The van der Waals surface area contributed by atoms with Crippen LogP contribution in [0, 0.1) is 47.3 Å². The Morgan fingerprint density at radius 1 is 0.375 bits per heavy atom. The van der Waals surface area contributed by atoms with E-state index in [0.29, 0.717) is 0 Å². The normalized spacial score (nSPS) is 50.5. The van der Waals surface area contributed by atoms with Gasteiger partial charge in [0.1, 0.15) is 0 Å². The summed E-state index contributed by atoms with van der Waals surface area (Å²) in [6.07, 6.45) is 11.9. The molecular weight excluding hydrogens is 288 g/mol. The van der Waals surface area contributed by atoms with Gasteiger partial charge in [-0.2, -0.15) is 0 Å². The van der Waals surface area contributed by atoms with Gasteiger partial charge in [-0.15, -0.1) is 0 Å². The second kappa shape index (κ2) is 5.49. The average molecular weight is 325 g/mol. The van der Waals surface area contributed by atoms with Crippen LogP contribution in [0.25, 0.3) is 0 Å². The number of rotatable bonds is 0. The smallest absolute Gasteiger partial charge is 0.0131 e. The van der Waals surface area contributed by atoms with E-state index < -0.39 is 0 Å². The summed E-state index contributed by atoms with van der Waals surface area (Å²) in [7, 11) is 0. The maximum absolute atomic E-state index is 2.54. The highest BCUT2D eigenvalue weighted by atomic mass is 14.6. The lowest BCUT2D eigenvalue weighted by molar-refractivity contribution is 0.138. The summed E-state index contributed by atoms with van der Waals surface area (Å²) < 4.78 is 0. The van der Waals surface area contributed by atoms with Crippen LogP contribution in [-0.2, 0) is 0 Å². The highest BCUT2D eigenvalue weighted by molar-refractivity contribution is 5.42. The first kappa shape index (κ1) is 15.7. The Balaban J connectivity index is 1.71. The van der Waals surface area contributed by atoms with Crippen LogP contribution < -0.4 is 0 Å². The lowest BCUT2D eigenvalue weighted by atomic mass is 9.48. The molecular formula is C24H36. The Morgan fingerprint density at radius 2 is 0.625 bits per heavy atom. The van der Waals surface area contributed by atoms with Crippen LogP contribution in [0.15, 0.2) is 22.3 Å². The monoisotopic (exact) mass is 324 g/mol. The Bertz CT molecular complexity index is 504. The zero-order valence-electron chi connectivity index (χ0n) is 16.3. The summed E-state index contributed by atoms with van der Waals surface area (Å²) in [6, 6.07) is 0. The van der Waals surface area contributed by atoms with Crippen LogP contribution in [0.2, 0.25) is 0 Å². The zero-order valence-corrected chi connectivity index (χ0v) is 16.3. The minimum absolute atomic E-state index is 0.879. The van der Waals surface area contributed by atoms with Gasteiger partial charge in [0, 0.05) is 0 Å². The third-order valence-electron chi connectivity index (χ3n) is 9.00. The number of hydrogen-bond donors (Lipinski definition) is 0. The first-order valence-corrected chi connectivity index (χ1v) is 11.1. The molecule has 0 aromatic heterocycles. The van der Waals surface area contributed by atoms with Crippen molar-refractivity contribution in [3.8, 4) is 0 Å². The van der Waals surface area contributed by atoms with Crippen molar-refractivity contribution in [1.82, 2.24) is 0 Å². The van der Waals surface area contributed by atoms with E-state index >= 15 is 0 Å². The van der Waals surface area contributed by atoms with Crippen molar-refractivity contribution in [3.05, 3.63) is 22.3 Å². The zero-order chi connectivity index (χ0) is 16.6. The fourth-order valence-corrected chi connectivity index (χ4v) is 8.15. The van der Waals surface area contributed by atoms with Crippen LogP contribution in [0.4, 0.5) is 0 Å². The summed E-state index contributed by atoms with van der Waals surface area (Å²) in [5, 5.41) is 0. The van der Waals surface area contributed by atoms with Crippen molar-refractivity contribution >= 4 is 0 Å². The number of fused-ring (bicyclic) bond motifs is 2. The minimum atomic E-state index is 0.879. The van der Waals surface area contributed by atoms with Gasteiger partial charge < -0.3 is 0 Å². The quantitative estimate of drug-likeness (QED) is 0.431. The second-order valence-electron chi connectivity index (χ2n) is 10.2. The van der Waals surface area contributed by atoms with E-state index in [1.54, 1.807) is 0 Å². The van der Waals surface area contributed by atoms with E-state index in [0.717, 1.165) is 47.3 Å². The van der Waals surface area contributed by atoms with E-state index in [1.165, 1.54) is 51.4 Å². The van der Waals surface area contributed by atoms with E-state index in [1.807, 2.05) is 22.3 Å². The highest BCUT2D eigenvalue weighted by Gasteiger charge is 2.52. The lowest BCUT2D eigenvalue weighted by Crippen LogP contribution is -2.46. The van der Waals surface area contributed by atoms with Crippen molar-refractivity contribution in [2.24, 2.45) is 47.3 Å². The van der Waals surface area contributed by atoms with Gasteiger partial charge in [0.2, 0.25) is 0 Å². The number of allylic oxidation sites excluding steroid dienone is 4. The van der Waals surface area contributed by atoms with Crippen molar-refractivity contribution < 1.29 is 0 Å². The van der Waals surface area contributed by atoms with Gasteiger partial charge >= 0.3 is 0 Å². The van der Waals surface area contributed by atoms with Crippen LogP contribution in [0.5, 0.6) is 0 Å². The molecule has 0 aromatic carbocycles. The molecule has 0 nitrogen and oxygen atoms in total. The summed E-state index contributed by atoms with van der Waals surface area (Å²) >= 11 is 0. The molecule has 8 atom stereocenters. The standard InChI is InChI=1S/C24H36/c1-13-5-9-17-19-11-7-15(3)22-16(4)8-12-20(24(19)22)18-10-6-14(2)21(13)23(17)18/h13-20H,5-12H2,1-4H3. The Kier molecular flexibility index (Phi) is 3.59.